The van der Waals surface area contributed by atoms with Gasteiger partial charge >= 0.3 is 0 Å². The molecule has 0 aromatic heterocycles. The fraction of sp³-hybridized carbons (Fsp3) is 0.417. The van der Waals surface area contributed by atoms with Crippen molar-refractivity contribution in [2.24, 2.45) is 0 Å². The zero-order valence-corrected chi connectivity index (χ0v) is 18.2. The van der Waals surface area contributed by atoms with Gasteiger partial charge in [0.1, 0.15) is 0 Å². The van der Waals surface area contributed by atoms with Crippen LogP contribution in [0.1, 0.15) is 47.0 Å². The standard InChI is InChI=1S/C24H34O2Si/c1-5-14-21(15-12-13-20-25)26-27(24(2,3)4,22-16-8-6-9-17-22)23-18-10-7-11-19-23/h6-13,16-19,21,25H,5,14-15,20H2,1-4H3/b13-12-/t21-/m0/s1. The topological polar surface area (TPSA) is 29.5 Å². The normalized spacial score (nSPS) is 13.8. The molecule has 2 aromatic carbocycles. The summed E-state index contributed by atoms with van der Waals surface area (Å²) in [6.07, 6.45) is 6.94. The van der Waals surface area contributed by atoms with Gasteiger partial charge in [0.25, 0.3) is 8.32 Å². The van der Waals surface area contributed by atoms with Gasteiger partial charge in [-0.05, 0) is 28.3 Å². The molecule has 0 aliphatic rings. The van der Waals surface area contributed by atoms with Crippen LogP contribution in [0.3, 0.4) is 0 Å². The molecule has 0 fully saturated rings. The Morgan fingerprint density at radius 2 is 1.44 bits per heavy atom. The first kappa shape index (κ1) is 21.6. The van der Waals surface area contributed by atoms with Gasteiger partial charge in [-0.25, -0.2) is 0 Å². The second-order valence-corrected chi connectivity index (χ2v) is 12.3. The smallest absolute Gasteiger partial charge is 0.261 e. The van der Waals surface area contributed by atoms with E-state index in [0.717, 1.165) is 19.3 Å². The third-order valence-electron chi connectivity index (χ3n) is 5.04. The zero-order chi connectivity index (χ0) is 19.8. The van der Waals surface area contributed by atoms with Gasteiger partial charge < -0.3 is 9.53 Å². The number of rotatable bonds is 9. The summed E-state index contributed by atoms with van der Waals surface area (Å²) >= 11 is 0. The van der Waals surface area contributed by atoms with Crippen LogP contribution in [0.5, 0.6) is 0 Å². The molecular weight excluding hydrogens is 348 g/mol. The summed E-state index contributed by atoms with van der Waals surface area (Å²) in [6.45, 7) is 9.22. The molecule has 0 aliphatic heterocycles. The molecule has 2 nitrogen and oxygen atoms in total. The molecule has 2 aromatic rings. The Kier molecular flexibility index (Phi) is 8.02. The molecule has 0 saturated carbocycles. The van der Waals surface area contributed by atoms with Crippen molar-refractivity contribution < 1.29 is 9.53 Å². The van der Waals surface area contributed by atoms with Crippen molar-refractivity contribution in [1.82, 2.24) is 0 Å². The summed E-state index contributed by atoms with van der Waals surface area (Å²) in [6, 6.07) is 21.6. The van der Waals surface area contributed by atoms with E-state index >= 15 is 0 Å². The minimum atomic E-state index is -2.51. The van der Waals surface area contributed by atoms with Crippen molar-refractivity contribution in [1.29, 1.82) is 0 Å². The van der Waals surface area contributed by atoms with Gasteiger partial charge in [0.15, 0.2) is 0 Å². The van der Waals surface area contributed by atoms with Crippen LogP contribution in [-0.2, 0) is 4.43 Å². The Morgan fingerprint density at radius 3 is 1.85 bits per heavy atom. The molecule has 0 spiro atoms. The quantitative estimate of drug-likeness (QED) is 0.504. The lowest BCUT2D eigenvalue weighted by Crippen LogP contribution is -2.67. The molecule has 1 N–H and O–H groups in total. The van der Waals surface area contributed by atoms with Crippen LogP contribution in [-0.4, -0.2) is 26.1 Å². The van der Waals surface area contributed by atoms with Gasteiger partial charge in [-0.15, -0.1) is 0 Å². The maximum Gasteiger partial charge on any atom is 0.261 e. The van der Waals surface area contributed by atoms with Crippen molar-refractivity contribution in [3.63, 3.8) is 0 Å². The third-order valence-corrected chi connectivity index (χ3v) is 10.1. The molecular formula is C24H34O2Si. The monoisotopic (exact) mass is 382 g/mol. The van der Waals surface area contributed by atoms with E-state index in [1.165, 1.54) is 10.4 Å². The third kappa shape index (κ3) is 5.19. The second-order valence-electron chi connectivity index (χ2n) is 8.08. The highest BCUT2D eigenvalue weighted by Crippen LogP contribution is 2.38. The van der Waals surface area contributed by atoms with E-state index in [0.29, 0.717) is 0 Å². The molecule has 0 amide bonds. The fourth-order valence-corrected chi connectivity index (χ4v) is 8.54. The van der Waals surface area contributed by atoms with Crippen LogP contribution in [0.15, 0.2) is 72.8 Å². The van der Waals surface area contributed by atoms with Gasteiger partial charge in [-0.3, -0.25) is 0 Å². The first-order chi connectivity index (χ1) is 13.0. The van der Waals surface area contributed by atoms with Crippen LogP contribution in [0.2, 0.25) is 5.04 Å². The van der Waals surface area contributed by atoms with Crippen molar-refractivity contribution >= 4 is 18.7 Å². The summed E-state index contributed by atoms with van der Waals surface area (Å²) in [5.74, 6) is 0. The molecule has 146 valence electrons. The number of aliphatic hydroxyl groups is 1. The van der Waals surface area contributed by atoms with Crippen LogP contribution in [0.4, 0.5) is 0 Å². The van der Waals surface area contributed by atoms with E-state index in [1.54, 1.807) is 0 Å². The lowest BCUT2D eigenvalue weighted by atomic mass is 10.1. The number of benzene rings is 2. The van der Waals surface area contributed by atoms with Crippen LogP contribution < -0.4 is 10.4 Å². The van der Waals surface area contributed by atoms with Gasteiger partial charge in [0, 0.05) is 6.10 Å². The highest BCUT2D eigenvalue weighted by molar-refractivity contribution is 6.99. The van der Waals surface area contributed by atoms with Crippen LogP contribution >= 0.6 is 0 Å². The Labute approximate surface area is 166 Å². The molecule has 1 atom stereocenters. The average Bonchev–Trinajstić information content (AvgIpc) is 2.66. The molecule has 3 heteroatoms. The SMILES string of the molecule is CCC[C@@H](C/C=C\CO)O[Si](c1ccccc1)(c1ccccc1)C(C)(C)C. The first-order valence-electron chi connectivity index (χ1n) is 10.0. The van der Waals surface area contributed by atoms with Gasteiger partial charge in [-0.1, -0.05) is 107 Å². The highest BCUT2D eigenvalue weighted by atomic mass is 28.4. The number of aliphatic hydroxyl groups excluding tert-OH is 1. The summed E-state index contributed by atoms with van der Waals surface area (Å²) in [7, 11) is -2.51. The molecule has 0 radical (unpaired) electrons. The molecule has 0 heterocycles. The van der Waals surface area contributed by atoms with Crippen LogP contribution in [0, 0.1) is 0 Å². The van der Waals surface area contributed by atoms with E-state index in [1.807, 2.05) is 6.08 Å². The van der Waals surface area contributed by atoms with E-state index < -0.39 is 8.32 Å². The summed E-state index contributed by atoms with van der Waals surface area (Å²) in [5, 5.41) is 11.7. The summed E-state index contributed by atoms with van der Waals surface area (Å²) < 4.78 is 7.17. The summed E-state index contributed by atoms with van der Waals surface area (Å²) in [5.41, 5.74) is 0. The predicted molar refractivity (Wildman–Crippen MR) is 118 cm³/mol. The van der Waals surface area contributed by atoms with Crippen LogP contribution in [0.25, 0.3) is 0 Å². The minimum absolute atomic E-state index is 0.0115. The van der Waals surface area contributed by atoms with E-state index in [4.69, 9.17) is 9.53 Å². The predicted octanol–water partition coefficient (Wildman–Crippen LogP) is 4.67. The second kappa shape index (κ2) is 10.0. The van der Waals surface area contributed by atoms with Crippen molar-refractivity contribution in [2.45, 2.75) is 58.1 Å². The number of hydrogen-bond acceptors (Lipinski definition) is 2. The minimum Gasteiger partial charge on any atom is -0.404 e. The molecule has 2 rings (SSSR count). The lowest BCUT2D eigenvalue weighted by molar-refractivity contribution is 0.179. The Hall–Kier alpha value is -1.68. The van der Waals surface area contributed by atoms with Gasteiger partial charge in [0.2, 0.25) is 0 Å². The molecule has 0 saturated heterocycles. The van der Waals surface area contributed by atoms with E-state index in [2.05, 4.69) is 94.4 Å². The Morgan fingerprint density at radius 1 is 0.926 bits per heavy atom. The largest absolute Gasteiger partial charge is 0.404 e. The van der Waals surface area contributed by atoms with Gasteiger partial charge in [0.05, 0.1) is 6.61 Å². The average molecular weight is 383 g/mol. The molecule has 27 heavy (non-hydrogen) atoms. The molecule has 0 unspecified atom stereocenters. The number of hydrogen-bond donors (Lipinski definition) is 1. The maximum absolute atomic E-state index is 9.11. The Bertz CT molecular complexity index is 650. The van der Waals surface area contributed by atoms with E-state index in [-0.39, 0.29) is 17.7 Å². The van der Waals surface area contributed by atoms with Gasteiger partial charge in [-0.2, -0.15) is 0 Å². The first-order valence-corrected chi connectivity index (χ1v) is 11.9. The fourth-order valence-electron chi connectivity index (χ4n) is 3.81. The molecule has 0 bridgehead atoms. The van der Waals surface area contributed by atoms with Crippen molar-refractivity contribution in [3.8, 4) is 0 Å². The lowest BCUT2D eigenvalue weighted by Gasteiger charge is -2.45. The van der Waals surface area contributed by atoms with E-state index in [9.17, 15) is 0 Å². The maximum atomic E-state index is 9.11. The molecule has 0 aliphatic carbocycles. The zero-order valence-electron chi connectivity index (χ0n) is 17.2. The Balaban J connectivity index is 2.58. The highest BCUT2D eigenvalue weighted by Gasteiger charge is 2.51. The van der Waals surface area contributed by atoms with Crippen molar-refractivity contribution in [3.05, 3.63) is 72.8 Å². The summed E-state index contributed by atoms with van der Waals surface area (Å²) in [4.78, 5) is 0. The van der Waals surface area contributed by atoms with Crippen molar-refractivity contribution in [2.75, 3.05) is 6.61 Å².